The van der Waals surface area contributed by atoms with Crippen molar-refractivity contribution in [3.05, 3.63) is 108 Å². The maximum Gasteiger partial charge on any atom is 0.0992 e. The van der Waals surface area contributed by atoms with Crippen LogP contribution in [0.1, 0.15) is 16.7 Å². The van der Waals surface area contributed by atoms with Gasteiger partial charge in [0, 0.05) is 17.1 Å². The zero-order valence-corrected chi connectivity index (χ0v) is 20.2. The predicted octanol–water partition coefficient (Wildman–Crippen LogP) is 6.57. The highest BCUT2D eigenvalue weighted by atomic mass is 28.3. The molecule has 0 fully saturated rings. The molecule has 0 heterocycles. The summed E-state index contributed by atoms with van der Waals surface area (Å²) in [6, 6.07) is 35.1. The molecule has 0 aliphatic rings. The second kappa shape index (κ2) is 9.57. The van der Waals surface area contributed by atoms with Gasteiger partial charge in [0.15, 0.2) is 0 Å². The Labute approximate surface area is 197 Å². The summed E-state index contributed by atoms with van der Waals surface area (Å²) in [4.78, 5) is 2.34. The third kappa shape index (κ3) is 4.57. The molecule has 0 radical (unpaired) electrons. The van der Waals surface area contributed by atoms with Gasteiger partial charge >= 0.3 is 0 Å². The number of hydrogen-bond acceptors (Lipinski definition) is 3. The second-order valence-electron chi connectivity index (χ2n) is 8.40. The smallest absolute Gasteiger partial charge is 0.0992 e. The first-order valence-corrected chi connectivity index (χ1v) is 13.9. The van der Waals surface area contributed by atoms with Crippen LogP contribution in [-0.2, 0) is 0 Å². The minimum Gasteiger partial charge on any atom is -0.310 e. The number of benzene rings is 4. The highest BCUT2D eigenvalue weighted by molar-refractivity contribution is 6.72. The van der Waals surface area contributed by atoms with E-state index in [1.165, 1.54) is 16.4 Å². The van der Waals surface area contributed by atoms with Crippen LogP contribution in [0.15, 0.2) is 91.0 Å². The molecular weight excluding hydrogens is 418 g/mol. The molecule has 0 aliphatic heterocycles. The van der Waals surface area contributed by atoms with Gasteiger partial charge in [-0.3, -0.25) is 0 Å². The van der Waals surface area contributed by atoms with Gasteiger partial charge in [0.2, 0.25) is 0 Å². The molecule has 3 nitrogen and oxygen atoms in total. The van der Waals surface area contributed by atoms with Crippen LogP contribution in [0.5, 0.6) is 0 Å². The normalized spacial score (nSPS) is 10.5. The first-order valence-electron chi connectivity index (χ1n) is 11.0. The summed E-state index contributed by atoms with van der Waals surface area (Å²) in [5, 5.41) is 20.1. The maximum absolute atomic E-state index is 9.33. The third-order valence-electron chi connectivity index (χ3n) is 5.81. The zero-order valence-electron chi connectivity index (χ0n) is 19.1. The molecule has 4 aromatic carbocycles. The van der Waals surface area contributed by atoms with E-state index in [1.807, 2.05) is 12.1 Å². The van der Waals surface area contributed by atoms with E-state index in [2.05, 4.69) is 110 Å². The van der Waals surface area contributed by atoms with Crippen molar-refractivity contribution in [1.82, 2.24) is 0 Å². The monoisotopic (exact) mass is 443 g/mol. The number of hydrogen-bond donors (Lipinski definition) is 0. The van der Waals surface area contributed by atoms with Crippen LogP contribution in [0.3, 0.4) is 0 Å². The zero-order chi connectivity index (χ0) is 23.4. The molecule has 4 aromatic rings. The molecule has 0 aromatic heterocycles. The van der Waals surface area contributed by atoms with Crippen molar-refractivity contribution in [1.29, 1.82) is 10.5 Å². The number of anilines is 3. The van der Waals surface area contributed by atoms with Crippen LogP contribution in [-0.4, -0.2) is 8.80 Å². The SMILES string of the molecule is Cc1ccccc1N(c1ccc(-c2cc(C#N)cc(C#N)c2)cc1)c1ccccc1[SiH](C)C. The van der Waals surface area contributed by atoms with Crippen LogP contribution >= 0.6 is 0 Å². The first-order chi connectivity index (χ1) is 16.0. The number of aryl methyl sites for hydroxylation is 1. The summed E-state index contributed by atoms with van der Waals surface area (Å²) in [5.74, 6) is 0. The summed E-state index contributed by atoms with van der Waals surface area (Å²) in [5.41, 5.74) is 7.49. The van der Waals surface area contributed by atoms with Gasteiger partial charge in [-0.1, -0.05) is 61.6 Å². The number of nitrogens with zero attached hydrogens (tertiary/aromatic N) is 3. The predicted molar refractivity (Wildman–Crippen MR) is 139 cm³/mol. The number of para-hydroxylation sites is 2. The lowest BCUT2D eigenvalue weighted by Gasteiger charge is -2.30. The summed E-state index contributed by atoms with van der Waals surface area (Å²) >= 11 is 0. The molecule has 0 saturated heterocycles. The van der Waals surface area contributed by atoms with Crippen LogP contribution in [0, 0.1) is 29.6 Å². The topological polar surface area (TPSA) is 50.8 Å². The van der Waals surface area contributed by atoms with Crippen molar-refractivity contribution in [2.45, 2.75) is 20.0 Å². The van der Waals surface area contributed by atoms with Crippen LogP contribution < -0.4 is 10.1 Å². The number of nitriles is 2. The highest BCUT2D eigenvalue weighted by Gasteiger charge is 2.19. The Hall–Kier alpha value is -4.12. The van der Waals surface area contributed by atoms with E-state index in [0.717, 1.165) is 22.5 Å². The molecule has 0 aliphatic carbocycles. The van der Waals surface area contributed by atoms with Crippen molar-refractivity contribution >= 4 is 31.0 Å². The Morgan fingerprint density at radius 3 is 1.82 bits per heavy atom. The Morgan fingerprint density at radius 1 is 0.667 bits per heavy atom. The van der Waals surface area contributed by atoms with E-state index in [4.69, 9.17) is 0 Å². The Balaban J connectivity index is 1.85. The lowest BCUT2D eigenvalue weighted by atomic mass is 10.00. The van der Waals surface area contributed by atoms with Gasteiger partial charge in [-0.25, -0.2) is 0 Å². The van der Waals surface area contributed by atoms with E-state index in [0.29, 0.717) is 11.1 Å². The van der Waals surface area contributed by atoms with E-state index < -0.39 is 8.80 Å². The summed E-state index contributed by atoms with van der Waals surface area (Å²) in [6.45, 7) is 6.85. The summed E-state index contributed by atoms with van der Waals surface area (Å²) in [6.07, 6.45) is 0. The number of rotatable bonds is 5. The molecule has 0 amide bonds. The molecule has 4 heteroatoms. The Kier molecular flexibility index (Phi) is 6.40. The van der Waals surface area contributed by atoms with Gasteiger partial charge in [0.25, 0.3) is 0 Å². The molecule has 33 heavy (non-hydrogen) atoms. The minimum absolute atomic E-state index is 0.491. The largest absolute Gasteiger partial charge is 0.310 e. The lowest BCUT2D eigenvalue weighted by molar-refractivity contribution is 1.26. The van der Waals surface area contributed by atoms with Gasteiger partial charge < -0.3 is 4.90 Å². The molecule has 4 rings (SSSR count). The van der Waals surface area contributed by atoms with E-state index in [1.54, 1.807) is 6.07 Å². The molecule has 0 N–H and O–H groups in total. The first kappa shape index (κ1) is 22.1. The Morgan fingerprint density at radius 2 is 1.24 bits per heavy atom. The fourth-order valence-electron chi connectivity index (χ4n) is 4.13. The summed E-state index contributed by atoms with van der Waals surface area (Å²) < 4.78 is 0. The van der Waals surface area contributed by atoms with Crippen molar-refractivity contribution in [3.63, 3.8) is 0 Å². The van der Waals surface area contributed by atoms with Crippen LogP contribution in [0.2, 0.25) is 13.1 Å². The fraction of sp³-hybridized carbons (Fsp3) is 0.103. The fourth-order valence-corrected chi connectivity index (χ4v) is 5.44. The van der Waals surface area contributed by atoms with Crippen LogP contribution in [0.25, 0.3) is 11.1 Å². The average molecular weight is 444 g/mol. The van der Waals surface area contributed by atoms with E-state index in [9.17, 15) is 10.5 Å². The average Bonchev–Trinajstić information content (AvgIpc) is 2.85. The van der Waals surface area contributed by atoms with Crippen LogP contribution in [0.4, 0.5) is 17.1 Å². The molecule has 0 unspecified atom stereocenters. The van der Waals surface area contributed by atoms with E-state index in [-0.39, 0.29) is 0 Å². The third-order valence-corrected chi connectivity index (χ3v) is 7.54. The van der Waals surface area contributed by atoms with Gasteiger partial charge in [-0.05, 0) is 71.3 Å². The van der Waals surface area contributed by atoms with Crippen molar-refractivity contribution in [2.24, 2.45) is 0 Å². The molecular formula is C29H25N3Si. The van der Waals surface area contributed by atoms with Gasteiger partial charge in [0.05, 0.1) is 32.1 Å². The molecule has 160 valence electrons. The minimum atomic E-state index is -1.07. The van der Waals surface area contributed by atoms with Gasteiger partial charge in [-0.15, -0.1) is 0 Å². The van der Waals surface area contributed by atoms with Gasteiger partial charge in [0.1, 0.15) is 0 Å². The lowest BCUT2D eigenvalue weighted by Crippen LogP contribution is -2.29. The molecule has 0 saturated carbocycles. The summed E-state index contributed by atoms with van der Waals surface area (Å²) in [7, 11) is -1.07. The van der Waals surface area contributed by atoms with Crippen molar-refractivity contribution in [2.75, 3.05) is 4.90 Å². The second-order valence-corrected chi connectivity index (χ2v) is 11.3. The van der Waals surface area contributed by atoms with Gasteiger partial charge in [-0.2, -0.15) is 10.5 Å². The Bertz CT molecular complexity index is 1340. The van der Waals surface area contributed by atoms with Crippen molar-refractivity contribution in [3.8, 4) is 23.3 Å². The highest BCUT2D eigenvalue weighted by Crippen LogP contribution is 2.36. The van der Waals surface area contributed by atoms with Crippen molar-refractivity contribution < 1.29 is 0 Å². The standard InChI is InChI=1S/C29H25N3Si/c1-21-8-4-5-9-27(21)32(28-10-6-7-11-29(28)33(2)3)26-14-12-24(13-15-26)25-17-22(19-30)16-23(18-25)20-31/h4-18,33H,1-3H3. The molecule has 0 atom stereocenters. The quantitative estimate of drug-likeness (QED) is 0.328. The molecule has 0 bridgehead atoms. The molecule has 0 spiro atoms. The maximum atomic E-state index is 9.33. The van der Waals surface area contributed by atoms with E-state index >= 15 is 0 Å².